The average molecular weight is 408 g/mol. The van der Waals surface area contributed by atoms with Crippen LogP contribution in [-0.2, 0) is 11.3 Å². The summed E-state index contributed by atoms with van der Waals surface area (Å²) >= 11 is 0. The molecule has 0 saturated carbocycles. The summed E-state index contributed by atoms with van der Waals surface area (Å²) in [6, 6.07) is 13.9. The minimum atomic E-state index is -0.503. The SMILES string of the molecule is CC(C)(C)OC(=O)N1CCC(N2Cc3cc(N)c(-c4ccccc4)cc3C2=O)CC1. The summed E-state index contributed by atoms with van der Waals surface area (Å²) in [5.41, 5.74) is 10.1. The molecule has 2 amide bonds. The van der Waals surface area contributed by atoms with E-state index in [2.05, 4.69) is 0 Å². The second-order valence-electron chi connectivity index (χ2n) is 9.09. The Morgan fingerprint density at radius 1 is 1.07 bits per heavy atom. The molecule has 0 atom stereocenters. The van der Waals surface area contributed by atoms with Gasteiger partial charge in [-0.3, -0.25) is 4.79 Å². The summed E-state index contributed by atoms with van der Waals surface area (Å²) in [4.78, 5) is 29.2. The van der Waals surface area contributed by atoms with E-state index in [4.69, 9.17) is 10.5 Å². The molecular weight excluding hydrogens is 378 g/mol. The summed E-state index contributed by atoms with van der Waals surface area (Å²) in [5, 5.41) is 0. The predicted octanol–water partition coefficient (Wildman–Crippen LogP) is 4.29. The van der Waals surface area contributed by atoms with E-state index in [1.165, 1.54) is 0 Å². The zero-order valence-electron chi connectivity index (χ0n) is 17.9. The van der Waals surface area contributed by atoms with Crippen molar-refractivity contribution in [3.8, 4) is 11.1 Å². The van der Waals surface area contributed by atoms with Crippen LogP contribution in [0.2, 0.25) is 0 Å². The largest absolute Gasteiger partial charge is 0.444 e. The van der Waals surface area contributed by atoms with Crippen LogP contribution in [0.25, 0.3) is 11.1 Å². The second-order valence-corrected chi connectivity index (χ2v) is 9.09. The molecule has 2 heterocycles. The third-order valence-corrected chi connectivity index (χ3v) is 5.75. The van der Waals surface area contributed by atoms with Gasteiger partial charge in [0, 0.05) is 42.5 Å². The van der Waals surface area contributed by atoms with Crippen LogP contribution in [0.1, 0.15) is 49.5 Å². The Balaban J connectivity index is 1.46. The number of hydrogen-bond donors (Lipinski definition) is 1. The molecular formula is C24H29N3O3. The maximum Gasteiger partial charge on any atom is 0.410 e. The van der Waals surface area contributed by atoms with Gasteiger partial charge in [0.05, 0.1) is 0 Å². The van der Waals surface area contributed by atoms with Crippen LogP contribution in [0, 0.1) is 0 Å². The van der Waals surface area contributed by atoms with Gasteiger partial charge in [-0.2, -0.15) is 0 Å². The fourth-order valence-corrected chi connectivity index (χ4v) is 4.25. The van der Waals surface area contributed by atoms with Crippen molar-refractivity contribution in [3.63, 3.8) is 0 Å². The number of ether oxygens (including phenoxy) is 1. The van der Waals surface area contributed by atoms with Crippen molar-refractivity contribution in [3.05, 3.63) is 53.6 Å². The first kappa shape index (κ1) is 20.3. The summed E-state index contributed by atoms with van der Waals surface area (Å²) in [7, 11) is 0. The number of nitrogen functional groups attached to an aromatic ring is 1. The molecule has 2 N–H and O–H groups in total. The van der Waals surface area contributed by atoms with Gasteiger partial charge < -0.3 is 20.3 Å². The Kier molecular flexibility index (Phi) is 5.18. The van der Waals surface area contributed by atoms with Gasteiger partial charge in [0.15, 0.2) is 0 Å². The fourth-order valence-electron chi connectivity index (χ4n) is 4.25. The number of hydrogen-bond acceptors (Lipinski definition) is 4. The molecule has 0 aliphatic carbocycles. The molecule has 30 heavy (non-hydrogen) atoms. The molecule has 2 aliphatic rings. The molecule has 6 heteroatoms. The molecule has 2 aromatic carbocycles. The molecule has 1 fully saturated rings. The lowest BCUT2D eigenvalue weighted by Crippen LogP contribution is -2.48. The molecule has 2 aromatic rings. The predicted molar refractivity (Wildman–Crippen MR) is 117 cm³/mol. The Hall–Kier alpha value is -3.02. The molecule has 6 nitrogen and oxygen atoms in total. The lowest BCUT2D eigenvalue weighted by Gasteiger charge is -2.37. The van der Waals surface area contributed by atoms with E-state index < -0.39 is 5.60 Å². The van der Waals surface area contributed by atoms with E-state index in [-0.39, 0.29) is 18.0 Å². The minimum absolute atomic E-state index is 0.0536. The van der Waals surface area contributed by atoms with Crippen LogP contribution in [-0.4, -0.2) is 46.5 Å². The molecule has 158 valence electrons. The van der Waals surface area contributed by atoms with Gasteiger partial charge in [-0.15, -0.1) is 0 Å². The number of nitrogens with zero attached hydrogens (tertiary/aromatic N) is 2. The highest BCUT2D eigenvalue weighted by Crippen LogP contribution is 2.35. The molecule has 4 rings (SSSR count). The Labute approximate surface area is 177 Å². The standard InChI is InChI=1S/C24H29N3O3/c1-24(2,3)30-23(29)26-11-9-18(10-12-26)27-15-17-13-21(25)19(14-20(17)22(27)28)16-7-5-4-6-8-16/h4-8,13-14,18H,9-12,15,25H2,1-3H3. The first-order valence-corrected chi connectivity index (χ1v) is 10.5. The summed E-state index contributed by atoms with van der Waals surface area (Å²) in [6.07, 6.45) is 1.22. The van der Waals surface area contributed by atoms with Gasteiger partial charge in [-0.05, 0) is 56.9 Å². The second kappa shape index (κ2) is 7.67. The number of carbonyl (C=O) groups is 2. The third-order valence-electron chi connectivity index (χ3n) is 5.75. The summed E-state index contributed by atoms with van der Waals surface area (Å²) in [6.45, 7) is 7.37. The van der Waals surface area contributed by atoms with E-state index in [1.807, 2.05) is 68.1 Å². The molecule has 0 aromatic heterocycles. The van der Waals surface area contributed by atoms with Crippen molar-refractivity contribution in [2.75, 3.05) is 18.8 Å². The minimum Gasteiger partial charge on any atom is -0.444 e. The fraction of sp³-hybridized carbons (Fsp3) is 0.417. The van der Waals surface area contributed by atoms with Crippen molar-refractivity contribution in [1.29, 1.82) is 0 Å². The van der Waals surface area contributed by atoms with Crippen LogP contribution in [0.5, 0.6) is 0 Å². The number of anilines is 1. The highest BCUT2D eigenvalue weighted by molar-refractivity contribution is 6.01. The first-order valence-electron chi connectivity index (χ1n) is 10.5. The highest BCUT2D eigenvalue weighted by atomic mass is 16.6. The third kappa shape index (κ3) is 3.99. The molecule has 0 radical (unpaired) electrons. The Bertz CT molecular complexity index is 958. The quantitative estimate of drug-likeness (QED) is 0.754. The van der Waals surface area contributed by atoms with E-state index >= 15 is 0 Å². The smallest absolute Gasteiger partial charge is 0.410 e. The van der Waals surface area contributed by atoms with E-state index in [1.54, 1.807) is 4.90 Å². The van der Waals surface area contributed by atoms with Crippen LogP contribution < -0.4 is 5.73 Å². The van der Waals surface area contributed by atoms with Gasteiger partial charge >= 0.3 is 6.09 Å². The van der Waals surface area contributed by atoms with Crippen LogP contribution >= 0.6 is 0 Å². The number of amides is 2. The van der Waals surface area contributed by atoms with Crippen LogP contribution in [0.3, 0.4) is 0 Å². The average Bonchev–Trinajstić information content (AvgIpc) is 3.02. The van der Waals surface area contributed by atoms with Gasteiger partial charge in [0.1, 0.15) is 5.60 Å². The molecule has 2 aliphatic heterocycles. The van der Waals surface area contributed by atoms with E-state index in [9.17, 15) is 9.59 Å². The number of carbonyl (C=O) groups excluding carboxylic acids is 2. The van der Waals surface area contributed by atoms with Gasteiger partial charge in [0.25, 0.3) is 5.91 Å². The van der Waals surface area contributed by atoms with E-state index in [0.717, 1.165) is 35.1 Å². The maximum atomic E-state index is 13.2. The summed E-state index contributed by atoms with van der Waals surface area (Å²) in [5.74, 6) is 0.0536. The maximum absolute atomic E-state index is 13.2. The van der Waals surface area contributed by atoms with Crippen molar-refractivity contribution in [1.82, 2.24) is 9.80 Å². The highest BCUT2D eigenvalue weighted by Gasteiger charge is 2.36. The van der Waals surface area contributed by atoms with E-state index in [0.29, 0.717) is 25.3 Å². The number of nitrogens with two attached hydrogens (primary N) is 1. The lowest BCUT2D eigenvalue weighted by molar-refractivity contribution is 0.0148. The Morgan fingerprint density at radius 2 is 1.73 bits per heavy atom. The number of benzene rings is 2. The topological polar surface area (TPSA) is 75.9 Å². The zero-order chi connectivity index (χ0) is 21.5. The van der Waals surface area contributed by atoms with Crippen molar-refractivity contribution >= 4 is 17.7 Å². The van der Waals surface area contributed by atoms with Crippen molar-refractivity contribution in [2.24, 2.45) is 0 Å². The number of fused-ring (bicyclic) bond motifs is 1. The lowest BCUT2D eigenvalue weighted by atomic mass is 9.98. The van der Waals surface area contributed by atoms with Gasteiger partial charge in [0.2, 0.25) is 0 Å². The van der Waals surface area contributed by atoms with Gasteiger partial charge in [-0.1, -0.05) is 30.3 Å². The first-order chi connectivity index (χ1) is 14.2. The van der Waals surface area contributed by atoms with Crippen molar-refractivity contribution < 1.29 is 14.3 Å². The number of piperidine rings is 1. The monoisotopic (exact) mass is 407 g/mol. The van der Waals surface area contributed by atoms with Crippen LogP contribution in [0.15, 0.2) is 42.5 Å². The number of rotatable bonds is 2. The zero-order valence-corrected chi connectivity index (χ0v) is 17.9. The van der Waals surface area contributed by atoms with Gasteiger partial charge in [-0.25, -0.2) is 4.79 Å². The normalized spacial score (nSPS) is 17.2. The van der Waals surface area contributed by atoms with Crippen LogP contribution in [0.4, 0.5) is 10.5 Å². The molecule has 0 bridgehead atoms. The molecule has 0 unspecified atom stereocenters. The molecule has 0 spiro atoms. The van der Waals surface area contributed by atoms with Crippen molar-refractivity contribution in [2.45, 2.75) is 51.8 Å². The number of likely N-dealkylation sites (tertiary alicyclic amines) is 1. The Morgan fingerprint density at radius 3 is 2.37 bits per heavy atom. The molecule has 1 saturated heterocycles. The summed E-state index contributed by atoms with van der Waals surface area (Å²) < 4.78 is 5.47.